The summed E-state index contributed by atoms with van der Waals surface area (Å²) in [4.78, 5) is 17.8. The van der Waals surface area contributed by atoms with Gasteiger partial charge in [0.2, 0.25) is 0 Å². The Morgan fingerprint density at radius 1 is 1.03 bits per heavy atom. The summed E-state index contributed by atoms with van der Waals surface area (Å²) in [5.74, 6) is 1.36. The second-order valence-corrected chi connectivity index (χ2v) is 10.1. The first-order valence-electron chi connectivity index (χ1n) is 10.4. The number of hydrogen-bond acceptors (Lipinski definition) is 4. The van der Waals surface area contributed by atoms with Crippen LogP contribution in [0.2, 0.25) is 0 Å². The van der Waals surface area contributed by atoms with Crippen molar-refractivity contribution in [2.75, 3.05) is 0 Å². The van der Waals surface area contributed by atoms with Crippen molar-refractivity contribution in [1.82, 2.24) is 9.66 Å². The van der Waals surface area contributed by atoms with Gasteiger partial charge in [-0.3, -0.25) is 4.79 Å². The van der Waals surface area contributed by atoms with Gasteiger partial charge in [-0.05, 0) is 54.4 Å². The van der Waals surface area contributed by atoms with Crippen LogP contribution in [0.15, 0.2) is 84.0 Å². The zero-order valence-corrected chi connectivity index (χ0v) is 22.5. The molecule has 4 rings (SSSR count). The molecule has 0 spiro atoms. The number of rotatable bonds is 7. The van der Waals surface area contributed by atoms with Gasteiger partial charge in [0.25, 0.3) is 5.56 Å². The lowest BCUT2D eigenvalue weighted by Crippen LogP contribution is -2.22. The van der Waals surface area contributed by atoms with Crippen LogP contribution >= 0.6 is 47.8 Å². The third-order valence-electron chi connectivity index (χ3n) is 4.94. The van der Waals surface area contributed by atoms with Gasteiger partial charge >= 0.3 is 0 Å². The Labute approximate surface area is 216 Å². The van der Waals surface area contributed by atoms with Gasteiger partial charge in [-0.1, -0.05) is 72.9 Å². The average molecular weight is 634 g/mol. The second kappa shape index (κ2) is 10.8. The standard InChI is InChI=1S/C25H20Br3N3O2/c1-2-4-24-30-23-10-9-18(26)12-21(23)25(32)31(24)29-14-16-5-3-6-20(11-16)33-15-17-7-8-19(27)13-22(17)28/h3,5-14H,2,4,15H2,1H3. The van der Waals surface area contributed by atoms with Gasteiger partial charge in [0.05, 0.1) is 17.1 Å². The molecule has 0 saturated carbocycles. The van der Waals surface area contributed by atoms with Crippen LogP contribution in [-0.2, 0) is 13.0 Å². The highest BCUT2D eigenvalue weighted by Crippen LogP contribution is 2.24. The Hall–Kier alpha value is -2.29. The van der Waals surface area contributed by atoms with Crippen molar-refractivity contribution in [3.05, 3.63) is 101 Å². The molecule has 0 bridgehead atoms. The molecule has 3 aromatic carbocycles. The fraction of sp³-hybridized carbons (Fsp3) is 0.160. The second-order valence-electron chi connectivity index (χ2n) is 7.40. The quantitative estimate of drug-likeness (QED) is 0.204. The van der Waals surface area contributed by atoms with E-state index in [0.717, 1.165) is 36.7 Å². The van der Waals surface area contributed by atoms with Crippen molar-refractivity contribution in [2.24, 2.45) is 5.10 Å². The van der Waals surface area contributed by atoms with Gasteiger partial charge < -0.3 is 4.74 Å². The highest BCUT2D eigenvalue weighted by Gasteiger charge is 2.10. The Bertz CT molecular complexity index is 1400. The van der Waals surface area contributed by atoms with Crippen LogP contribution in [0, 0.1) is 0 Å². The molecule has 168 valence electrons. The minimum atomic E-state index is -0.187. The molecule has 0 N–H and O–H groups in total. The average Bonchev–Trinajstić information content (AvgIpc) is 2.79. The van der Waals surface area contributed by atoms with Crippen molar-refractivity contribution in [3.8, 4) is 5.75 Å². The molecule has 4 aromatic rings. The summed E-state index contributed by atoms with van der Waals surface area (Å²) in [6.07, 6.45) is 3.18. The monoisotopic (exact) mass is 631 g/mol. The van der Waals surface area contributed by atoms with E-state index in [0.29, 0.717) is 29.8 Å². The third-order valence-corrected chi connectivity index (χ3v) is 6.66. The molecule has 0 amide bonds. The molecular weight excluding hydrogens is 614 g/mol. The lowest BCUT2D eigenvalue weighted by molar-refractivity contribution is 0.305. The molecule has 1 aromatic heterocycles. The lowest BCUT2D eigenvalue weighted by atomic mass is 10.2. The van der Waals surface area contributed by atoms with Crippen LogP contribution in [0.5, 0.6) is 5.75 Å². The van der Waals surface area contributed by atoms with Gasteiger partial charge in [-0.2, -0.15) is 9.78 Å². The van der Waals surface area contributed by atoms with Gasteiger partial charge in [0.15, 0.2) is 0 Å². The van der Waals surface area contributed by atoms with Gasteiger partial charge in [-0.25, -0.2) is 4.98 Å². The van der Waals surface area contributed by atoms with Crippen molar-refractivity contribution in [2.45, 2.75) is 26.4 Å². The molecule has 33 heavy (non-hydrogen) atoms. The molecule has 0 atom stereocenters. The Morgan fingerprint density at radius 2 is 1.82 bits per heavy atom. The maximum Gasteiger partial charge on any atom is 0.282 e. The van der Waals surface area contributed by atoms with E-state index in [1.165, 1.54) is 4.68 Å². The number of fused-ring (bicyclic) bond motifs is 1. The molecule has 1 heterocycles. The number of aryl methyl sites for hydroxylation is 1. The first-order chi connectivity index (χ1) is 15.9. The topological polar surface area (TPSA) is 56.5 Å². The van der Waals surface area contributed by atoms with Crippen molar-refractivity contribution in [1.29, 1.82) is 0 Å². The highest BCUT2D eigenvalue weighted by molar-refractivity contribution is 9.11. The van der Waals surface area contributed by atoms with E-state index < -0.39 is 0 Å². The Kier molecular flexibility index (Phi) is 7.78. The molecule has 0 aliphatic rings. The number of hydrogen-bond donors (Lipinski definition) is 0. The smallest absolute Gasteiger partial charge is 0.282 e. The van der Waals surface area contributed by atoms with E-state index in [2.05, 4.69) is 64.8 Å². The summed E-state index contributed by atoms with van der Waals surface area (Å²) in [5, 5.41) is 5.02. The molecule has 8 heteroatoms. The molecule has 0 unspecified atom stereocenters. The van der Waals surface area contributed by atoms with Crippen LogP contribution in [0.4, 0.5) is 0 Å². The fourth-order valence-corrected chi connectivity index (χ4v) is 4.83. The minimum Gasteiger partial charge on any atom is -0.489 e. The molecule has 0 aliphatic carbocycles. The first-order valence-corrected chi connectivity index (χ1v) is 12.7. The Morgan fingerprint density at radius 3 is 2.61 bits per heavy atom. The van der Waals surface area contributed by atoms with Crippen molar-refractivity contribution in [3.63, 3.8) is 0 Å². The largest absolute Gasteiger partial charge is 0.489 e. The predicted molar refractivity (Wildman–Crippen MR) is 143 cm³/mol. The van der Waals surface area contributed by atoms with Crippen LogP contribution in [0.25, 0.3) is 10.9 Å². The summed E-state index contributed by atoms with van der Waals surface area (Å²) in [5.41, 5.74) is 2.36. The summed E-state index contributed by atoms with van der Waals surface area (Å²) >= 11 is 10.4. The van der Waals surface area contributed by atoms with E-state index in [4.69, 9.17) is 4.74 Å². The number of ether oxygens (including phenoxy) is 1. The van der Waals surface area contributed by atoms with Crippen molar-refractivity contribution >= 4 is 64.9 Å². The van der Waals surface area contributed by atoms with E-state index in [9.17, 15) is 4.79 Å². The lowest BCUT2D eigenvalue weighted by Gasteiger charge is -2.10. The van der Waals surface area contributed by atoms with E-state index in [1.54, 1.807) is 12.3 Å². The number of benzene rings is 3. The first kappa shape index (κ1) is 23.9. The molecular formula is C25H20Br3N3O2. The Balaban J connectivity index is 1.60. The maximum absolute atomic E-state index is 13.1. The highest BCUT2D eigenvalue weighted by atomic mass is 79.9. The minimum absolute atomic E-state index is 0.187. The van der Waals surface area contributed by atoms with Gasteiger partial charge in [-0.15, -0.1) is 0 Å². The number of aromatic nitrogens is 2. The predicted octanol–water partition coefficient (Wildman–Crippen LogP) is 7.10. The van der Waals surface area contributed by atoms with Crippen LogP contribution < -0.4 is 10.3 Å². The molecule has 0 fully saturated rings. The molecule has 0 aliphatic heterocycles. The zero-order chi connectivity index (χ0) is 23.4. The van der Waals surface area contributed by atoms with Gasteiger partial charge in [0.1, 0.15) is 18.2 Å². The fourth-order valence-electron chi connectivity index (χ4n) is 3.31. The number of halogens is 3. The molecule has 0 radical (unpaired) electrons. The summed E-state index contributed by atoms with van der Waals surface area (Å²) in [6, 6.07) is 19.1. The summed E-state index contributed by atoms with van der Waals surface area (Å²) < 4.78 is 10.2. The van der Waals surface area contributed by atoms with E-state index in [-0.39, 0.29) is 5.56 Å². The van der Waals surface area contributed by atoms with Gasteiger partial charge in [0, 0.05) is 25.4 Å². The molecule has 5 nitrogen and oxygen atoms in total. The van der Waals surface area contributed by atoms with E-state index >= 15 is 0 Å². The van der Waals surface area contributed by atoms with Crippen LogP contribution in [-0.4, -0.2) is 15.9 Å². The third kappa shape index (κ3) is 5.80. The summed E-state index contributed by atoms with van der Waals surface area (Å²) in [6.45, 7) is 2.48. The zero-order valence-electron chi connectivity index (χ0n) is 17.8. The SMILES string of the molecule is CCCc1nc2ccc(Br)cc2c(=O)n1N=Cc1cccc(OCc2ccc(Br)cc2Br)c1. The summed E-state index contributed by atoms with van der Waals surface area (Å²) in [7, 11) is 0. The molecule has 0 saturated heterocycles. The maximum atomic E-state index is 13.1. The van der Waals surface area contributed by atoms with Crippen LogP contribution in [0.3, 0.4) is 0 Å². The normalized spacial score (nSPS) is 11.4. The number of nitrogens with zero attached hydrogens (tertiary/aromatic N) is 3. The van der Waals surface area contributed by atoms with Crippen LogP contribution in [0.1, 0.15) is 30.3 Å². The van der Waals surface area contributed by atoms with E-state index in [1.807, 2.05) is 54.6 Å². The van der Waals surface area contributed by atoms with Crippen molar-refractivity contribution < 1.29 is 4.74 Å².